The summed E-state index contributed by atoms with van der Waals surface area (Å²) in [7, 11) is 3.21. The minimum absolute atomic E-state index is 0.0188. The van der Waals surface area contributed by atoms with E-state index >= 15 is 0 Å². The van der Waals surface area contributed by atoms with Crippen molar-refractivity contribution in [1.82, 2.24) is 0 Å². The summed E-state index contributed by atoms with van der Waals surface area (Å²) in [5.41, 5.74) is 3.05. The van der Waals surface area contributed by atoms with Gasteiger partial charge in [0.05, 0.1) is 19.9 Å². The number of amides is 1. The fourth-order valence-corrected chi connectivity index (χ4v) is 2.91. The molecule has 0 radical (unpaired) electrons. The normalized spacial score (nSPS) is 10.3. The van der Waals surface area contributed by atoms with E-state index in [-0.39, 0.29) is 5.91 Å². The zero-order chi connectivity index (χ0) is 17.5. The molecule has 0 unspecified atom stereocenters. The van der Waals surface area contributed by atoms with Gasteiger partial charge in [0.15, 0.2) is 11.5 Å². The number of benzene rings is 2. The molecule has 2 aromatic rings. The van der Waals surface area contributed by atoms with Crippen LogP contribution >= 0.6 is 15.9 Å². The standard InChI is InChI=1S/C19H22BrNO3/c1-4-13-5-8-16(15(20)11-13)21-19(22)10-7-14-6-9-17(23-2)18(12-14)24-3/h5-6,8-9,11-12H,4,7,10H2,1-3H3,(H,21,22). The number of methoxy groups -OCH3 is 2. The second kappa shape index (κ2) is 8.73. The van der Waals surface area contributed by atoms with Crippen LogP contribution < -0.4 is 14.8 Å². The van der Waals surface area contributed by atoms with Crippen molar-refractivity contribution in [2.75, 3.05) is 19.5 Å². The molecule has 0 fully saturated rings. The number of hydrogen-bond donors (Lipinski definition) is 1. The Morgan fingerprint density at radius 2 is 1.75 bits per heavy atom. The lowest BCUT2D eigenvalue weighted by Crippen LogP contribution is -2.12. The summed E-state index contributed by atoms with van der Waals surface area (Å²) in [5.74, 6) is 1.34. The molecule has 0 saturated heterocycles. The molecule has 0 spiro atoms. The molecule has 1 amide bonds. The molecule has 0 bridgehead atoms. The summed E-state index contributed by atoms with van der Waals surface area (Å²) >= 11 is 3.50. The van der Waals surface area contributed by atoms with Crippen LogP contribution in [-0.4, -0.2) is 20.1 Å². The Morgan fingerprint density at radius 3 is 2.38 bits per heavy atom. The molecule has 0 saturated carbocycles. The molecule has 2 aromatic carbocycles. The van der Waals surface area contributed by atoms with Crippen LogP contribution in [0.5, 0.6) is 11.5 Å². The van der Waals surface area contributed by atoms with Crippen molar-refractivity contribution in [1.29, 1.82) is 0 Å². The van der Waals surface area contributed by atoms with Gasteiger partial charge in [0, 0.05) is 10.9 Å². The third-order valence-corrected chi connectivity index (χ3v) is 4.46. The molecule has 4 nitrogen and oxygen atoms in total. The molecule has 0 heterocycles. The van der Waals surface area contributed by atoms with Crippen molar-refractivity contribution in [3.63, 3.8) is 0 Å². The second-order valence-electron chi connectivity index (χ2n) is 5.41. The lowest BCUT2D eigenvalue weighted by atomic mass is 10.1. The average molecular weight is 392 g/mol. The van der Waals surface area contributed by atoms with Crippen LogP contribution in [-0.2, 0) is 17.6 Å². The fourth-order valence-electron chi connectivity index (χ4n) is 2.39. The van der Waals surface area contributed by atoms with E-state index in [0.717, 1.165) is 22.1 Å². The number of halogens is 1. The van der Waals surface area contributed by atoms with Crippen LogP contribution in [0, 0.1) is 0 Å². The first-order chi connectivity index (χ1) is 11.6. The Hall–Kier alpha value is -2.01. The highest BCUT2D eigenvalue weighted by molar-refractivity contribution is 9.10. The van der Waals surface area contributed by atoms with Crippen molar-refractivity contribution < 1.29 is 14.3 Å². The van der Waals surface area contributed by atoms with E-state index in [4.69, 9.17) is 9.47 Å². The molecule has 0 aromatic heterocycles. The smallest absolute Gasteiger partial charge is 0.224 e. The van der Waals surface area contributed by atoms with Crippen molar-refractivity contribution in [2.24, 2.45) is 0 Å². The zero-order valence-electron chi connectivity index (χ0n) is 14.2. The van der Waals surface area contributed by atoms with Gasteiger partial charge in [-0.1, -0.05) is 19.1 Å². The van der Waals surface area contributed by atoms with Crippen LogP contribution in [0.1, 0.15) is 24.5 Å². The largest absolute Gasteiger partial charge is 0.493 e. The molecular formula is C19H22BrNO3. The molecular weight excluding hydrogens is 370 g/mol. The molecule has 128 valence electrons. The number of nitrogens with one attached hydrogen (secondary N) is 1. The predicted molar refractivity (Wildman–Crippen MR) is 100 cm³/mol. The number of carbonyl (C=O) groups excluding carboxylic acids is 1. The summed E-state index contributed by atoms with van der Waals surface area (Å²) in [6.45, 7) is 2.10. The SMILES string of the molecule is CCc1ccc(NC(=O)CCc2ccc(OC)c(OC)c2)c(Br)c1. The molecule has 5 heteroatoms. The van der Waals surface area contributed by atoms with E-state index < -0.39 is 0 Å². The minimum atomic E-state index is -0.0188. The topological polar surface area (TPSA) is 47.6 Å². The summed E-state index contributed by atoms with van der Waals surface area (Å²) in [5, 5.41) is 2.94. The van der Waals surface area contributed by atoms with E-state index in [1.165, 1.54) is 5.56 Å². The van der Waals surface area contributed by atoms with Crippen molar-refractivity contribution in [2.45, 2.75) is 26.2 Å². The van der Waals surface area contributed by atoms with Gasteiger partial charge in [0.25, 0.3) is 0 Å². The first-order valence-corrected chi connectivity index (χ1v) is 8.65. The predicted octanol–water partition coefficient (Wildman–Crippen LogP) is 4.60. The highest BCUT2D eigenvalue weighted by atomic mass is 79.9. The molecule has 0 aliphatic heterocycles. The third kappa shape index (κ3) is 4.74. The van der Waals surface area contributed by atoms with Crippen LogP contribution in [0.4, 0.5) is 5.69 Å². The van der Waals surface area contributed by atoms with E-state index in [1.54, 1.807) is 14.2 Å². The first kappa shape index (κ1) is 18.3. The summed E-state index contributed by atoms with van der Waals surface area (Å²) in [4.78, 5) is 12.2. The van der Waals surface area contributed by atoms with Gasteiger partial charge in [0.1, 0.15) is 0 Å². The molecule has 0 atom stereocenters. The Kier molecular flexibility index (Phi) is 6.67. The van der Waals surface area contributed by atoms with E-state index in [2.05, 4.69) is 28.2 Å². The lowest BCUT2D eigenvalue weighted by molar-refractivity contribution is -0.116. The Morgan fingerprint density at radius 1 is 1.04 bits per heavy atom. The Labute approximate surface area is 151 Å². The van der Waals surface area contributed by atoms with E-state index in [0.29, 0.717) is 24.3 Å². The number of carbonyl (C=O) groups is 1. The number of rotatable bonds is 7. The fraction of sp³-hybridized carbons (Fsp3) is 0.316. The number of ether oxygens (including phenoxy) is 2. The quantitative estimate of drug-likeness (QED) is 0.749. The second-order valence-corrected chi connectivity index (χ2v) is 6.26. The highest BCUT2D eigenvalue weighted by Gasteiger charge is 2.09. The average Bonchev–Trinajstić information content (AvgIpc) is 2.61. The summed E-state index contributed by atoms with van der Waals surface area (Å²) < 4.78 is 11.4. The zero-order valence-corrected chi connectivity index (χ0v) is 15.8. The van der Waals surface area contributed by atoms with Crippen LogP contribution in [0.2, 0.25) is 0 Å². The van der Waals surface area contributed by atoms with Gasteiger partial charge < -0.3 is 14.8 Å². The van der Waals surface area contributed by atoms with Gasteiger partial charge in [-0.25, -0.2) is 0 Å². The maximum Gasteiger partial charge on any atom is 0.224 e. The highest BCUT2D eigenvalue weighted by Crippen LogP contribution is 2.28. The Balaban J connectivity index is 1.96. The van der Waals surface area contributed by atoms with Gasteiger partial charge in [-0.3, -0.25) is 4.79 Å². The van der Waals surface area contributed by atoms with Gasteiger partial charge >= 0.3 is 0 Å². The van der Waals surface area contributed by atoms with Gasteiger partial charge in [-0.15, -0.1) is 0 Å². The Bertz CT molecular complexity index is 716. The van der Waals surface area contributed by atoms with E-state index in [1.807, 2.05) is 36.4 Å². The van der Waals surface area contributed by atoms with Gasteiger partial charge in [-0.2, -0.15) is 0 Å². The van der Waals surface area contributed by atoms with Crippen molar-refractivity contribution in [3.05, 3.63) is 52.0 Å². The monoisotopic (exact) mass is 391 g/mol. The minimum Gasteiger partial charge on any atom is -0.493 e. The van der Waals surface area contributed by atoms with E-state index in [9.17, 15) is 4.79 Å². The van der Waals surface area contributed by atoms with Gasteiger partial charge in [0.2, 0.25) is 5.91 Å². The van der Waals surface area contributed by atoms with Crippen molar-refractivity contribution in [3.8, 4) is 11.5 Å². The maximum absolute atomic E-state index is 12.2. The molecule has 2 rings (SSSR count). The van der Waals surface area contributed by atoms with Crippen molar-refractivity contribution >= 4 is 27.5 Å². The third-order valence-electron chi connectivity index (χ3n) is 3.80. The molecule has 0 aliphatic rings. The molecule has 1 N–H and O–H groups in total. The maximum atomic E-state index is 12.2. The number of anilines is 1. The molecule has 24 heavy (non-hydrogen) atoms. The van der Waals surface area contributed by atoms with Crippen LogP contribution in [0.3, 0.4) is 0 Å². The number of aryl methyl sites for hydroxylation is 2. The summed E-state index contributed by atoms with van der Waals surface area (Å²) in [6, 6.07) is 11.7. The van der Waals surface area contributed by atoms with Gasteiger partial charge in [-0.05, 0) is 64.2 Å². The van der Waals surface area contributed by atoms with Crippen LogP contribution in [0.15, 0.2) is 40.9 Å². The first-order valence-electron chi connectivity index (χ1n) is 7.86. The molecule has 0 aliphatic carbocycles. The van der Waals surface area contributed by atoms with Crippen LogP contribution in [0.25, 0.3) is 0 Å². The lowest BCUT2D eigenvalue weighted by Gasteiger charge is -2.11. The number of hydrogen-bond acceptors (Lipinski definition) is 3. The summed E-state index contributed by atoms with van der Waals surface area (Å²) in [6.07, 6.45) is 2.00.